The topological polar surface area (TPSA) is 79.3 Å². The lowest BCUT2D eigenvalue weighted by atomic mass is 9.81. The third kappa shape index (κ3) is 2.87. The molecule has 9 heteroatoms. The standard InChI is InChI=1S/C20H22ClN3O4S/c1-4-23-16(25)14-13-9-22-19(29-10-11-5-7-12(21)8-6-11)24(13)20(2,18(27)28-3)15(14)17(23)26/h5-8,13-15H,4,9-10H2,1-3H3/t13-,14+,15-,20-/m1/s1. The van der Waals surface area contributed by atoms with Crippen LogP contribution in [0.5, 0.6) is 0 Å². The third-order valence-corrected chi connectivity index (χ3v) is 7.42. The summed E-state index contributed by atoms with van der Waals surface area (Å²) in [7, 11) is 1.31. The number of fused-ring (bicyclic) bond motifs is 3. The molecule has 154 valence electrons. The van der Waals surface area contributed by atoms with Crippen molar-refractivity contribution in [2.24, 2.45) is 16.8 Å². The van der Waals surface area contributed by atoms with Gasteiger partial charge in [0.25, 0.3) is 0 Å². The number of aliphatic imine (C=N–C) groups is 1. The van der Waals surface area contributed by atoms with Gasteiger partial charge in [0.05, 0.1) is 31.5 Å². The van der Waals surface area contributed by atoms with Crippen molar-refractivity contribution >= 4 is 46.3 Å². The molecule has 2 amide bonds. The SMILES string of the molecule is CCN1C(=O)[C@H]2[C@H]3CN=C(SCc4ccc(Cl)cc4)N3[C@@](C)(C(=O)OC)[C@H]2C1=O. The van der Waals surface area contributed by atoms with E-state index in [9.17, 15) is 14.4 Å². The maximum Gasteiger partial charge on any atom is 0.332 e. The molecule has 4 rings (SSSR count). The molecule has 2 saturated heterocycles. The molecule has 4 atom stereocenters. The summed E-state index contributed by atoms with van der Waals surface area (Å²) >= 11 is 7.43. The summed E-state index contributed by atoms with van der Waals surface area (Å²) < 4.78 is 5.09. The zero-order chi connectivity index (χ0) is 20.9. The van der Waals surface area contributed by atoms with E-state index in [1.165, 1.54) is 23.8 Å². The van der Waals surface area contributed by atoms with Gasteiger partial charge >= 0.3 is 5.97 Å². The molecule has 0 spiro atoms. The van der Waals surface area contributed by atoms with Crippen molar-refractivity contribution in [3.8, 4) is 0 Å². The highest BCUT2D eigenvalue weighted by Gasteiger charge is 2.71. The van der Waals surface area contributed by atoms with E-state index in [0.717, 1.165) is 5.56 Å². The van der Waals surface area contributed by atoms with E-state index in [-0.39, 0.29) is 17.9 Å². The molecule has 0 bridgehead atoms. The van der Waals surface area contributed by atoms with E-state index in [2.05, 4.69) is 4.99 Å². The van der Waals surface area contributed by atoms with Crippen LogP contribution in [-0.2, 0) is 24.9 Å². The van der Waals surface area contributed by atoms with Crippen molar-refractivity contribution in [2.75, 3.05) is 20.2 Å². The Labute approximate surface area is 178 Å². The molecule has 3 aliphatic rings. The Morgan fingerprint density at radius 2 is 2.00 bits per heavy atom. The number of nitrogens with zero attached hydrogens (tertiary/aromatic N) is 3. The van der Waals surface area contributed by atoms with Gasteiger partial charge in [0.15, 0.2) is 5.17 Å². The number of rotatable bonds is 4. The number of likely N-dealkylation sites (tertiary alicyclic amines) is 1. The second-order valence-corrected chi connectivity index (χ2v) is 8.92. The number of thioether (sulfide) groups is 1. The molecular formula is C20H22ClN3O4S. The first-order valence-corrected chi connectivity index (χ1v) is 10.9. The Hall–Kier alpha value is -2.06. The van der Waals surface area contributed by atoms with Gasteiger partial charge in [-0.25, -0.2) is 4.79 Å². The number of hydrogen-bond donors (Lipinski definition) is 0. The van der Waals surface area contributed by atoms with Crippen molar-refractivity contribution < 1.29 is 19.1 Å². The summed E-state index contributed by atoms with van der Waals surface area (Å²) in [5, 5.41) is 1.33. The molecule has 0 radical (unpaired) electrons. The molecule has 3 heterocycles. The lowest BCUT2D eigenvalue weighted by Crippen LogP contribution is -2.57. The van der Waals surface area contributed by atoms with E-state index in [0.29, 0.717) is 29.0 Å². The van der Waals surface area contributed by atoms with E-state index in [1.54, 1.807) is 13.8 Å². The summed E-state index contributed by atoms with van der Waals surface area (Å²) in [6.07, 6.45) is 0. The maximum absolute atomic E-state index is 13.0. The molecule has 0 saturated carbocycles. The summed E-state index contributed by atoms with van der Waals surface area (Å²) in [6.45, 7) is 4.15. The quantitative estimate of drug-likeness (QED) is 0.532. The fourth-order valence-corrected chi connectivity index (χ4v) is 6.00. The van der Waals surface area contributed by atoms with Crippen LogP contribution in [0.25, 0.3) is 0 Å². The molecule has 0 unspecified atom stereocenters. The normalized spacial score (nSPS) is 30.5. The minimum absolute atomic E-state index is 0.218. The number of amidine groups is 1. The van der Waals surface area contributed by atoms with Crippen LogP contribution in [-0.4, -0.2) is 64.5 Å². The maximum atomic E-state index is 13.0. The monoisotopic (exact) mass is 435 g/mol. The van der Waals surface area contributed by atoms with Gasteiger partial charge in [-0.3, -0.25) is 19.5 Å². The largest absolute Gasteiger partial charge is 0.467 e. The van der Waals surface area contributed by atoms with Crippen molar-refractivity contribution in [3.05, 3.63) is 34.9 Å². The lowest BCUT2D eigenvalue weighted by molar-refractivity contribution is -0.156. The van der Waals surface area contributed by atoms with Gasteiger partial charge in [0, 0.05) is 17.3 Å². The Bertz CT molecular complexity index is 905. The third-order valence-electron chi connectivity index (χ3n) is 6.11. The molecular weight excluding hydrogens is 414 g/mol. The van der Waals surface area contributed by atoms with E-state index >= 15 is 0 Å². The first-order chi connectivity index (χ1) is 13.8. The van der Waals surface area contributed by atoms with Crippen LogP contribution in [0.4, 0.5) is 0 Å². The van der Waals surface area contributed by atoms with Gasteiger partial charge in [0.2, 0.25) is 11.8 Å². The molecule has 29 heavy (non-hydrogen) atoms. The van der Waals surface area contributed by atoms with Crippen LogP contribution in [0.15, 0.2) is 29.3 Å². The van der Waals surface area contributed by atoms with Gasteiger partial charge in [0.1, 0.15) is 5.54 Å². The highest BCUT2D eigenvalue weighted by molar-refractivity contribution is 8.13. The Morgan fingerprint density at radius 1 is 1.31 bits per heavy atom. The number of esters is 1. The highest BCUT2D eigenvalue weighted by Crippen LogP contribution is 2.52. The minimum atomic E-state index is -1.26. The van der Waals surface area contributed by atoms with Crippen LogP contribution in [0.2, 0.25) is 5.02 Å². The molecule has 0 aliphatic carbocycles. The van der Waals surface area contributed by atoms with Crippen molar-refractivity contribution in [3.63, 3.8) is 0 Å². The number of amides is 2. The number of imide groups is 1. The molecule has 3 aliphatic heterocycles. The lowest BCUT2D eigenvalue weighted by Gasteiger charge is -2.37. The predicted octanol–water partition coefficient (Wildman–Crippen LogP) is 2.18. The Kier molecular flexibility index (Phi) is 5.11. The van der Waals surface area contributed by atoms with Crippen LogP contribution in [0, 0.1) is 11.8 Å². The second-order valence-electron chi connectivity index (χ2n) is 7.54. The number of halogens is 1. The number of carbonyl (C=O) groups excluding carboxylic acids is 3. The molecule has 1 aromatic carbocycles. The predicted molar refractivity (Wildman–Crippen MR) is 110 cm³/mol. The fourth-order valence-electron chi connectivity index (χ4n) is 4.76. The fraction of sp³-hybridized carbons (Fsp3) is 0.500. The van der Waals surface area contributed by atoms with Gasteiger partial charge in [-0.2, -0.15) is 0 Å². The average molecular weight is 436 g/mol. The van der Waals surface area contributed by atoms with Crippen LogP contribution in [0.1, 0.15) is 19.4 Å². The Balaban J connectivity index is 1.65. The number of ether oxygens (including phenoxy) is 1. The van der Waals surface area contributed by atoms with Crippen molar-refractivity contribution in [1.82, 2.24) is 9.80 Å². The zero-order valence-electron chi connectivity index (χ0n) is 16.4. The average Bonchev–Trinajstić information content (AvgIpc) is 3.32. The van der Waals surface area contributed by atoms with Gasteiger partial charge in [-0.05, 0) is 31.5 Å². The van der Waals surface area contributed by atoms with Gasteiger partial charge in [-0.1, -0.05) is 35.5 Å². The molecule has 0 N–H and O–H groups in total. The van der Waals surface area contributed by atoms with E-state index in [1.807, 2.05) is 29.2 Å². The van der Waals surface area contributed by atoms with E-state index in [4.69, 9.17) is 16.3 Å². The minimum Gasteiger partial charge on any atom is -0.467 e. The van der Waals surface area contributed by atoms with Gasteiger partial charge < -0.3 is 9.64 Å². The van der Waals surface area contributed by atoms with Crippen LogP contribution in [0.3, 0.4) is 0 Å². The van der Waals surface area contributed by atoms with Crippen molar-refractivity contribution in [1.29, 1.82) is 0 Å². The van der Waals surface area contributed by atoms with Crippen molar-refractivity contribution in [2.45, 2.75) is 31.2 Å². The second kappa shape index (κ2) is 7.32. The molecule has 7 nitrogen and oxygen atoms in total. The summed E-state index contributed by atoms with van der Waals surface area (Å²) in [5.41, 5.74) is -0.197. The highest BCUT2D eigenvalue weighted by atomic mass is 35.5. The number of benzene rings is 1. The summed E-state index contributed by atoms with van der Waals surface area (Å²) in [6, 6.07) is 7.21. The van der Waals surface area contributed by atoms with E-state index < -0.39 is 23.3 Å². The molecule has 2 fully saturated rings. The first kappa shape index (κ1) is 20.2. The van der Waals surface area contributed by atoms with Crippen LogP contribution >= 0.6 is 23.4 Å². The van der Waals surface area contributed by atoms with Gasteiger partial charge in [-0.15, -0.1) is 0 Å². The summed E-state index contributed by atoms with van der Waals surface area (Å²) in [5.74, 6) is -1.74. The number of hydrogen-bond acceptors (Lipinski definition) is 7. The first-order valence-electron chi connectivity index (χ1n) is 9.49. The molecule has 0 aromatic heterocycles. The zero-order valence-corrected chi connectivity index (χ0v) is 18.0. The summed E-state index contributed by atoms with van der Waals surface area (Å²) in [4.78, 5) is 46.6. The number of carbonyl (C=O) groups is 3. The molecule has 1 aromatic rings. The smallest absolute Gasteiger partial charge is 0.332 e. The number of methoxy groups -OCH3 is 1. The Morgan fingerprint density at radius 3 is 2.62 bits per heavy atom. The van der Waals surface area contributed by atoms with Crippen LogP contribution < -0.4 is 0 Å².